The van der Waals surface area contributed by atoms with Crippen LogP contribution in [0.4, 0.5) is 4.79 Å². The number of rotatable bonds is 5. The van der Waals surface area contributed by atoms with Gasteiger partial charge in [-0.05, 0) is 41.5 Å². The second-order valence-corrected chi connectivity index (χ2v) is 8.91. The summed E-state index contributed by atoms with van der Waals surface area (Å²) < 4.78 is 11.3. The van der Waals surface area contributed by atoms with E-state index in [1.54, 1.807) is 54.7 Å². The van der Waals surface area contributed by atoms with Crippen molar-refractivity contribution in [2.45, 2.75) is 12.1 Å². The molecule has 2 aromatic heterocycles. The van der Waals surface area contributed by atoms with E-state index >= 15 is 0 Å². The van der Waals surface area contributed by atoms with Crippen LogP contribution in [0.5, 0.6) is 5.75 Å². The number of methoxy groups -OCH3 is 1. The molecule has 37 heavy (non-hydrogen) atoms. The number of furan rings is 1. The third-order valence-electron chi connectivity index (χ3n) is 6.68. The van der Waals surface area contributed by atoms with Crippen molar-refractivity contribution in [3.8, 4) is 22.9 Å². The molecule has 4 heterocycles. The fraction of sp³-hybridized carbons (Fsp3) is 0.148. The van der Waals surface area contributed by atoms with Crippen molar-refractivity contribution in [3.63, 3.8) is 0 Å². The molecule has 1 saturated heterocycles. The fourth-order valence-electron chi connectivity index (χ4n) is 4.79. The highest BCUT2D eigenvalue weighted by atomic mass is 16.5. The monoisotopic (exact) mass is 493 g/mol. The van der Waals surface area contributed by atoms with Gasteiger partial charge in [0.2, 0.25) is 0 Å². The molecule has 4 aromatic rings. The molecule has 2 N–H and O–H groups in total. The molecule has 0 unspecified atom stereocenters. The number of nitriles is 1. The van der Waals surface area contributed by atoms with Crippen LogP contribution in [-0.4, -0.2) is 41.4 Å². The Bertz CT molecular complexity index is 1670. The minimum atomic E-state index is -1.64. The van der Waals surface area contributed by atoms with Gasteiger partial charge in [-0.15, -0.1) is 0 Å². The van der Waals surface area contributed by atoms with Gasteiger partial charge in [-0.25, -0.2) is 4.79 Å². The molecule has 10 heteroatoms. The summed E-state index contributed by atoms with van der Waals surface area (Å²) in [5.74, 6) is -0.200. The molecule has 0 radical (unpaired) electrons. The number of fused-ring (bicyclic) bond motifs is 2. The van der Waals surface area contributed by atoms with Gasteiger partial charge in [0.15, 0.2) is 11.1 Å². The Morgan fingerprint density at radius 3 is 2.76 bits per heavy atom. The van der Waals surface area contributed by atoms with Crippen molar-refractivity contribution in [2.75, 3.05) is 13.7 Å². The SMILES string of the molecule is COc1ccc2c(c1)C(=O)N(C[C@@]1(c3cc4ncc(-c5cccc(C#N)c5)cc4o3)NC(=O)NC1=O)C2. The van der Waals surface area contributed by atoms with Crippen molar-refractivity contribution in [1.82, 2.24) is 20.5 Å². The number of aromatic nitrogens is 1. The third kappa shape index (κ3) is 3.56. The molecule has 10 nitrogen and oxygen atoms in total. The third-order valence-corrected chi connectivity index (χ3v) is 6.68. The zero-order chi connectivity index (χ0) is 25.7. The van der Waals surface area contributed by atoms with Crippen LogP contribution < -0.4 is 15.4 Å². The number of carbonyl (C=O) groups excluding carboxylic acids is 3. The van der Waals surface area contributed by atoms with Crippen molar-refractivity contribution in [2.24, 2.45) is 0 Å². The molecule has 4 amide bonds. The molecule has 2 aliphatic rings. The number of amides is 4. The number of nitrogens with one attached hydrogen (secondary N) is 2. The quantitative estimate of drug-likeness (QED) is 0.408. The first-order chi connectivity index (χ1) is 17.9. The minimum absolute atomic E-state index is 0.142. The summed E-state index contributed by atoms with van der Waals surface area (Å²) in [5, 5.41) is 14.2. The summed E-state index contributed by atoms with van der Waals surface area (Å²) >= 11 is 0. The lowest BCUT2D eigenvalue weighted by molar-refractivity contribution is -0.125. The van der Waals surface area contributed by atoms with Crippen LogP contribution in [0.1, 0.15) is 27.2 Å². The Hall–Kier alpha value is -5.17. The standard InChI is InChI=1S/C27H19N5O5/c1-36-19-6-5-17-13-32(24(33)20(17)9-19)14-27(25(34)30-26(35)31-27)23-10-21-22(37-23)8-18(12-29-21)16-4-2-3-15(7-16)11-28/h2-10,12H,13-14H2,1H3,(H2,30,31,34,35)/t27-/m0/s1. The number of pyridine rings is 1. The Morgan fingerprint density at radius 1 is 1.14 bits per heavy atom. The van der Waals surface area contributed by atoms with E-state index < -0.39 is 17.5 Å². The van der Waals surface area contributed by atoms with Crippen molar-refractivity contribution in [1.29, 1.82) is 5.26 Å². The van der Waals surface area contributed by atoms with E-state index in [2.05, 4.69) is 21.7 Å². The van der Waals surface area contributed by atoms with Crippen molar-refractivity contribution >= 4 is 28.9 Å². The lowest BCUT2D eigenvalue weighted by Gasteiger charge is -2.28. The Kier molecular flexibility index (Phi) is 4.94. The maximum atomic E-state index is 13.2. The van der Waals surface area contributed by atoms with Gasteiger partial charge in [0.25, 0.3) is 11.8 Å². The van der Waals surface area contributed by atoms with Gasteiger partial charge in [-0.1, -0.05) is 18.2 Å². The van der Waals surface area contributed by atoms with E-state index in [9.17, 15) is 19.6 Å². The van der Waals surface area contributed by atoms with Gasteiger partial charge >= 0.3 is 6.03 Å². The predicted octanol–water partition coefficient (Wildman–Crippen LogP) is 3.07. The Morgan fingerprint density at radius 2 is 2.00 bits per heavy atom. The highest BCUT2D eigenvalue weighted by Gasteiger charge is 2.53. The van der Waals surface area contributed by atoms with Crippen molar-refractivity contribution in [3.05, 3.63) is 83.2 Å². The summed E-state index contributed by atoms with van der Waals surface area (Å²) in [4.78, 5) is 44.6. The van der Waals surface area contributed by atoms with Crippen LogP contribution >= 0.6 is 0 Å². The average Bonchev–Trinajstić information content (AvgIpc) is 3.57. The van der Waals surface area contributed by atoms with E-state index in [0.29, 0.717) is 28.0 Å². The minimum Gasteiger partial charge on any atom is -0.497 e. The summed E-state index contributed by atoms with van der Waals surface area (Å²) in [6.45, 7) is 0.123. The van der Waals surface area contributed by atoms with E-state index in [4.69, 9.17) is 9.15 Å². The number of carbonyl (C=O) groups is 3. The molecule has 0 bridgehead atoms. The molecule has 0 spiro atoms. The normalized spacial score (nSPS) is 18.5. The van der Waals surface area contributed by atoms with Gasteiger partial charge < -0.3 is 19.4 Å². The zero-order valence-electron chi connectivity index (χ0n) is 19.6. The zero-order valence-corrected chi connectivity index (χ0v) is 19.6. The van der Waals surface area contributed by atoms with Crippen LogP contribution in [0.15, 0.2) is 65.2 Å². The van der Waals surface area contributed by atoms with E-state index in [1.807, 2.05) is 6.07 Å². The molecule has 6 rings (SSSR count). The van der Waals surface area contributed by atoms with Crippen molar-refractivity contribution < 1.29 is 23.5 Å². The van der Waals surface area contributed by atoms with Crippen LogP contribution in [0.2, 0.25) is 0 Å². The molecule has 182 valence electrons. The summed E-state index contributed by atoms with van der Waals surface area (Å²) in [6.07, 6.45) is 1.64. The van der Waals surface area contributed by atoms with Gasteiger partial charge in [0, 0.05) is 29.9 Å². The smallest absolute Gasteiger partial charge is 0.322 e. The van der Waals surface area contributed by atoms with E-state index in [1.165, 1.54) is 12.0 Å². The molecule has 0 aliphatic carbocycles. The first-order valence-electron chi connectivity index (χ1n) is 11.4. The second kappa shape index (κ2) is 8.20. The van der Waals surface area contributed by atoms with Crippen LogP contribution in [0, 0.1) is 11.3 Å². The lowest BCUT2D eigenvalue weighted by Crippen LogP contribution is -2.52. The lowest BCUT2D eigenvalue weighted by atomic mass is 9.95. The summed E-state index contributed by atoms with van der Waals surface area (Å²) in [7, 11) is 1.52. The largest absolute Gasteiger partial charge is 0.497 e. The topological polar surface area (TPSA) is 138 Å². The summed E-state index contributed by atoms with van der Waals surface area (Å²) in [6, 6.07) is 17.1. The van der Waals surface area contributed by atoms with E-state index in [0.717, 1.165) is 16.7 Å². The number of imide groups is 1. The van der Waals surface area contributed by atoms with Crippen LogP contribution in [-0.2, 0) is 16.9 Å². The Labute approximate surface area is 210 Å². The van der Waals surface area contributed by atoms with Gasteiger partial charge in [-0.2, -0.15) is 5.26 Å². The number of benzene rings is 2. The molecular weight excluding hydrogens is 474 g/mol. The maximum absolute atomic E-state index is 13.2. The molecule has 2 aliphatic heterocycles. The van der Waals surface area contributed by atoms with Gasteiger partial charge in [-0.3, -0.25) is 19.9 Å². The molecule has 2 aromatic carbocycles. The van der Waals surface area contributed by atoms with Crippen LogP contribution in [0.25, 0.3) is 22.2 Å². The molecule has 1 fully saturated rings. The fourth-order valence-corrected chi connectivity index (χ4v) is 4.79. The first kappa shape index (κ1) is 22.3. The average molecular weight is 493 g/mol. The summed E-state index contributed by atoms with van der Waals surface area (Å²) in [5.41, 5.74) is 2.52. The predicted molar refractivity (Wildman–Crippen MR) is 130 cm³/mol. The Balaban J connectivity index is 1.38. The van der Waals surface area contributed by atoms with Gasteiger partial charge in [0.05, 0.1) is 25.3 Å². The van der Waals surface area contributed by atoms with Gasteiger partial charge in [0.1, 0.15) is 17.0 Å². The van der Waals surface area contributed by atoms with Crippen LogP contribution in [0.3, 0.4) is 0 Å². The first-order valence-corrected chi connectivity index (χ1v) is 11.4. The highest BCUT2D eigenvalue weighted by Crippen LogP contribution is 2.35. The highest BCUT2D eigenvalue weighted by molar-refractivity contribution is 6.08. The number of ether oxygens (including phenoxy) is 1. The number of hydrogen-bond donors (Lipinski definition) is 2. The second-order valence-electron chi connectivity index (χ2n) is 8.91. The molecule has 1 atom stereocenters. The van der Waals surface area contributed by atoms with E-state index in [-0.39, 0.29) is 24.8 Å². The maximum Gasteiger partial charge on any atom is 0.322 e. The number of hydrogen-bond acceptors (Lipinski definition) is 7. The number of urea groups is 1. The number of nitrogens with zero attached hydrogens (tertiary/aromatic N) is 3. The molecular formula is C27H19N5O5. The molecule has 0 saturated carbocycles.